The monoisotopic (exact) mass is 277 g/mol. The van der Waals surface area contributed by atoms with Gasteiger partial charge in [0.25, 0.3) is 0 Å². The average molecular weight is 278 g/mol. The predicted molar refractivity (Wildman–Crippen MR) is 78.2 cm³/mol. The molecule has 0 amide bonds. The topological polar surface area (TPSA) is 12.0 Å². The van der Waals surface area contributed by atoms with Crippen molar-refractivity contribution in [1.29, 1.82) is 0 Å². The molecule has 0 saturated carbocycles. The molecule has 100 valence electrons. The molecular weight excluding hydrogens is 261 g/mol. The molecule has 0 aliphatic heterocycles. The van der Waals surface area contributed by atoms with Crippen molar-refractivity contribution in [1.82, 2.24) is 5.32 Å². The van der Waals surface area contributed by atoms with E-state index in [1.807, 2.05) is 43.4 Å². The zero-order chi connectivity index (χ0) is 13.7. The fraction of sp³-hybridized carbons (Fsp3) is 0.250. The van der Waals surface area contributed by atoms with E-state index < -0.39 is 0 Å². The molecule has 2 aromatic rings. The summed E-state index contributed by atoms with van der Waals surface area (Å²) in [6.07, 6.45) is 0.791. The predicted octanol–water partition coefficient (Wildman–Crippen LogP) is 4.02. The minimum atomic E-state index is -0.142. The summed E-state index contributed by atoms with van der Waals surface area (Å²) in [5.74, 6) is -0.0240. The van der Waals surface area contributed by atoms with Crippen LogP contribution in [0.15, 0.2) is 48.5 Å². The van der Waals surface area contributed by atoms with Crippen LogP contribution in [0.5, 0.6) is 0 Å². The molecule has 0 saturated heterocycles. The third-order valence-electron chi connectivity index (χ3n) is 3.19. The summed E-state index contributed by atoms with van der Waals surface area (Å²) in [4.78, 5) is 0. The zero-order valence-corrected chi connectivity index (χ0v) is 11.6. The molecule has 0 heterocycles. The Hall–Kier alpha value is -1.38. The van der Waals surface area contributed by atoms with Gasteiger partial charge in [0, 0.05) is 17.5 Å². The van der Waals surface area contributed by atoms with Gasteiger partial charge >= 0.3 is 0 Å². The number of nitrogens with one attached hydrogen (secondary N) is 1. The van der Waals surface area contributed by atoms with Crippen LogP contribution in [0.1, 0.15) is 17.0 Å². The first-order valence-electron chi connectivity index (χ1n) is 6.34. The Morgan fingerprint density at radius 1 is 1.11 bits per heavy atom. The third-order valence-corrected chi connectivity index (χ3v) is 3.44. The number of likely N-dealkylation sites (N-methyl/N-ethyl adjacent to an activating group) is 1. The lowest BCUT2D eigenvalue weighted by Gasteiger charge is -2.18. The molecule has 19 heavy (non-hydrogen) atoms. The lowest BCUT2D eigenvalue weighted by molar-refractivity contribution is 0.556. The zero-order valence-electron chi connectivity index (χ0n) is 10.9. The van der Waals surface area contributed by atoms with Crippen LogP contribution in [0.2, 0.25) is 5.02 Å². The summed E-state index contributed by atoms with van der Waals surface area (Å²) >= 11 is 5.88. The molecule has 0 radical (unpaired) electrons. The fourth-order valence-electron chi connectivity index (χ4n) is 2.25. The van der Waals surface area contributed by atoms with E-state index in [9.17, 15) is 4.39 Å². The van der Waals surface area contributed by atoms with Crippen molar-refractivity contribution < 1.29 is 4.39 Å². The molecule has 0 bridgehead atoms. The smallest absolute Gasteiger partial charge is 0.126 e. The Balaban J connectivity index is 2.21. The van der Waals surface area contributed by atoms with E-state index in [-0.39, 0.29) is 11.7 Å². The minimum absolute atomic E-state index is 0.118. The quantitative estimate of drug-likeness (QED) is 0.870. The van der Waals surface area contributed by atoms with Crippen molar-refractivity contribution in [2.24, 2.45) is 0 Å². The van der Waals surface area contributed by atoms with Gasteiger partial charge in [-0.1, -0.05) is 41.9 Å². The van der Waals surface area contributed by atoms with E-state index in [2.05, 4.69) is 5.32 Å². The Labute approximate surface area is 118 Å². The highest BCUT2D eigenvalue weighted by Crippen LogP contribution is 2.23. The fourth-order valence-corrected chi connectivity index (χ4v) is 2.38. The molecule has 3 heteroatoms. The summed E-state index contributed by atoms with van der Waals surface area (Å²) in [6, 6.07) is 14.7. The van der Waals surface area contributed by atoms with Crippen LogP contribution in [0, 0.1) is 5.82 Å². The van der Waals surface area contributed by atoms with Gasteiger partial charge in [0.2, 0.25) is 0 Å². The van der Waals surface area contributed by atoms with Crippen molar-refractivity contribution in [3.05, 3.63) is 70.5 Å². The molecule has 0 spiro atoms. The largest absolute Gasteiger partial charge is 0.319 e. The average Bonchev–Trinajstić information content (AvgIpc) is 2.41. The summed E-state index contributed by atoms with van der Waals surface area (Å²) in [6.45, 7) is 0.740. The Bertz CT molecular complexity index is 525. The van der Waals surface area contributed by atoms with Crippen LogP contribution in [0.3, 0.4) is 0 Å². The molecule has 0 aromatic heterocycles. The number of hydrogen-bond donors (Lipinski definition) is 1. The second-order valence-corrected chi connectivity index (χ2v) is 5.04. The standard InChI is InChI=1S/C16H17ClFN/c1-19-11-13(15-4-2-3-5-16(15)18)10-12-6-8-14(17)9-7-12/h2-9,13,19H,10-11H2,1H3. The van der Waals surface area contributed by atoms with Crippen molar-refractivity contribution in [2.75, 3.05) is 13.6 Å². The Morgan fingerprint density at radius 3 is 2.42 bits per heavy atom. The van der Waals surface area contributed by atoms with Gasteiger partial charge in [-0.2, -0.15) is 0 Å². The molecule has 0 aliphatic rings. The summed E-state index contributed by atoms with van der Waals surface area (Å²) < 4.78 is 13.9. The third kappa shape index (κ3) is 3.79. The molecule has 0 aliphatic carbocycles. The molecule has 1 unspecified atom stereocenters. The van der Waals surface area contributed by atoms with Crippen molar-refractivity contribution >= 4 is 11.6 Å². The van der Waals surface area contributed by atoms with Gasteiger partial charge in [-0.3, -0.25) is 0 Å². The molecule has 1 atom stereocenters. The van der Waals surface area contributed by atoms with Crippen LogP contribution in [-0.2, 0) is 6.42 Å². The molecule has 1 nitrogen and oxygen atoms in total. The normalized spacial score (nSPS) is 12.4. The van der Waals surface area contributed by atoms with Gasteiger partial charge in [-0.05, 0) is 42.8 Å². The van der Waals surface area contributed by atoms with Crippen LogP contribution >= 0.6 is 11.6 Å². The van der Waals surface area contributed by atoms with Crippen LogP contribution < -0.4 is 5.32 Å². The van der Waals surface area contributed by atoms with Gasteiger partial charge in [0.1, 0.15) is 5.82 Å². The van der Waals surface area contributed by atoms with Gasteiger partial charge in [0.15, 0.2) is 0 Å². The number of hydrogen-bond acceptors (Lipinski definition) is 1. The highest BCUT2D eigenvalue weighted by atomic mass is 35.5. The van der Waals surface area contributed by atoms with Crippen molar-refractivity contribution in [3.8, 4) is 0 Å². The van der Waals surface area contributed by atoms with Crippen molar-refractivity contribution in [3.63, 3.8) is 0 Å². The van der Waals surface area contributed by atoms with Gasteiger partial charge in [-0.25, -0.2) is 4.39 Å². The molecular formula is C16H17ClFN. The number of benzene rings is 2. The molecule has 0 fully saturated rings. The van der Waals surface area contributed by atoms with Gasteiger partial charge in [0.05, 0.1) is 0 Å². The maximum atomic E-state index is 13.9. The molecule has 1 N–H and O–H groups in total. The van der Waals surface area contributed by atoms with E-state index in [0.717, 1.165) is 29.1 Å². The minimum Gasteiger partial charge on any atom is -0.319 e. The maximum absolute atomic E-state index is 13.9. The highest BCUT2D eigenvalue weighted by Gasteiger charge is 2.15. The van der Waals surface area contributed by atoms with Crippen LogP contribution in [0.25, 0.3) is 0 Å². The second-order valence-electron chi connectivity index (χ2n) is 4.61. The first-order valence-corrected chi connectivity index (χ1v) is 6.72. The summed E-state index contributed by atoms with van der Waals surface area (Å²) in [7, 11) is 1.88. The summed E-state index contributed by atoms with van der Waals surface area (Å²) in [5, 5.41) is 3.85. The van der Waals surface area contributed by atoms with E-state index in [1.165, 1.54) is 6.07 Å². The summed E-state index contributed by atoms with van der Waals surface area (Å²) in [5.41, 5.74) is 1.92. The maximum Gasteiger partial charge on any atom is 0.126 e. The van der Waals surface area contributed by atoms with E-state index >= 15 is 0 Å². The lowest BCUT2D eigenvalue weighted by Crippen LogP contribution is -2.20. The highest BCUT2D eigenvalue weighted by molar-refractivity contribution is 6.30. The van der Waals surface area contributed by atoms with Crippen LogP contribution in [0.4, 0.5) is 4.39 Å². The van der Waals surface area contributed by atoms with E-state index in [4.69, 9.17) is 11.6 Å². The first-order chi connectivity index (χ1) is 9.20. The SMILES string of the molecule is CNCC(Cc1ccc(Cl)cc1)c1ccccc1F. The van der Waals surface area contributed by atoms with Crippen LogP contribution in [-0.4, -0.2) is 13.6 Å². The first kappa shape index (κ1) is 14.0. The lowest BCUT2D eigenvalue weighted by atomic mass is 9.91. The number of rotatable bonds is 5. The molecule has 2 aromatic carbocycles. The van der Waals surface area contributed by atoms with Gasteiger partial charge in [-0.15, -0.1) is 0 Å². The Morgan fingerprint density at radius 2 is 1.79 bits per heavy atom. The molecule has 2 rings (SSSR count). The van der Waals surface area contributed by atoms with Crippen molar-refractivity contribution in [2.45, 2.75) is 12.3 Å². The second kappa shape index (κ2) is 6.69. The Kier molecular flexibility index (Phi) is 4.94. The van der Waals surface area contributed by atoms with E-state index in [1.54, 1.807) is 6.07 Å². The van der Waals surface area contributed by atoms with E-state index in [0.29, 0.717) is 0 Å². The van der Waals surface area contributed by atoms with Gasteiger partial charge < -0.3 is 5.32 Å². The number of halogens is 2.